The third-order valence-corrected chi connectivity index (χ3v) is 4.93. The number of nitrogens with two attached hydrogens (primary N) is 1. The van der Waals surface area contributed by atoms with Crippen molar-refractivity contribution in [3.05, 3.63) is 54.1 Å². The zero-order valence-electron chi connectivity index (χ0n) is 14.3. The van der Waals surface area contributed by atoms with Gasteiger partial charge >= 0.3 is 0 Å². The van der Waals surface area contributed by atoms with E-state index in [9.17, 15) is 4.39 Å². The molecule has 3 heterocycles. The molecule has 5 heteroatoms. The summed E-state index contributed by atoms with van der Waals surface area (Å²) in [5, 5.41) is 0. The molecule has 0 spiro atoms. The minimum atomic E-state index is -0.231. The number of nitrogen functional groups attached to an aromatic ring is 1. The summed E-state index contributed by atoms with van der Waals surface area (Å²) in [5.74, 6) is -0.231. The van der Waals surface area contributed by atoms with Crippen molar-refractivity contribution < 1.29 is 4.39 Å². The number of rotatable bonds is 3. The number of fused-ring (bicyclic) bond motifs is 1. The first-order chi connectivity index (χ1) is 12.2. The van der Waals surface area contributed by atoms with Crippen LogP contribution in [0.1, 0.15) is 31.4 Å². The molecule has 0 atom stereocenters. The molecule has 130 valence electrons. The molecular formula is C20H23FN4. The quantitative estimate of drug-likeness (QED) is 0.782. The number of benzene rings is 1. The summed E-state index contributed by atoms with van der Waals surface area (Å²) in [6.07, 6.45) is 7.03. The highest BCUT2D eigenvalue weighted by Crippen LogP contribution is 2.27. The Labute approximate surface area is 147 Å². The van der Waals surface area contributed by atoms with Crippen molar-refractivity contribution in [2.75, 3.05) is 18.8 Å². The lowest BCUT2D eigenvalue weighted by Crippen LogP contribution is -2.25. The van der Waals surface area contributed by atoms with E-state index in [1.807, 2.05) is 18.3 Å². The van der Waals surface area contributed by atoms with Crippen LogP contribution in [0.25, 0.3) is 16.9 Å². The number of halogens is 1. The predicted octanol–water partition coefficient (Wildman–Crippen LogP) is 4.10. The second-order valence-electron chi connectivity index (χ2n) is 6.79. The zero-order chi connectivity index (χ0) is 17.2. The summed E-state index contributed by atoms with van der Waals surface area (Å²) in [5.41, 5.74) is 10.6. The van der Waals surface area contributed by atoms with Crippen molar-refractivity contribution in [3.8, 4) is 11.3 Å². The molecule has 2 N–H and O–H groups in total. The van der Waals surface area contributed by atoms with Crippen molar-refractivity contribution in [2.24, 2.45) is 0 Å². The molecule has 3 aromatic rings. The van der Waals surface area contributed by atoms with Crippen LogP contribution in [0, 0.1) is 5.82 Å². The highest BCUT2D eigenvalue weighted by atomic mass is 19.1. The lowest BCUT2D eigenvalue weighted by atomic mass is 10.1. The SMILES string of the molecule is Nc1ccc2nc(-c3ccc(F)cc3)c(CN3CCCCCC3)n2c1. The van der Waals surface area contributed by atoms with Crippen molar-refractivity contribution in [3.63, 3.8) is 0 Å². The monoisotopic (exact) mass is 338 g/mol. The van der Waals surface area contributed by atoms with Gasteiger partial charge in [0.1, 0.15) is 11.5 Å². The molecule has 0 aliphatic carbocycles. The van der Waals surface area contributed by atoms with Gasteiger partial charge in [0, 0.05) is 24.0 Å². The molecule has 4 nitrogen and oxygen atoms in total. The van der Waals surface area contributed by atoms with Gasteiger partial charge in [-0.1, -0.05) is 12.8 Å². The van der Waals surface area contributed by atoms with Gasteiger partial charge in [-0.25, -0.2) is 9.37 Å². The van der Waals surface area contributed by atoms with Gasteiger partial charge in [-0.05, 0) is 62.3 Å². The fraction of sp³-hybridized carbons (Fsp3) is 0.350. The standard InChI is InChI=1S/C20H23FN4/c21-16-7-5-15(6-8-16)20-18(14-24-11-3-1-2-4-12-24)25-13-17(22)9-10-19(25)23-20/h5-10,13H,1-4,11-12,14,22H2. The molecule has 0 radical (unpaired) electrons. The van der Waals surface area contributed by atoms with E-state index in [1.54, 1.807) is 12.1 Å². The number of anilines is 1. The highest BCUT2D eigenvalue weighted by molar-refractivity contribution is 5.67. The third kappa shape index (κ3) is 3.37. The molecule has 1 aliphatic rings. The van der Waals surface area contributed by atoms with Gasteiger partial charge in [0.15, 0.2) is 0 Å². The predicted molar refractivity (Wildman–Crippen MR) is 98.7 cm³/mol. The summed E-state index contributed by atoms with van der Waals surface area (Å²) < 4.78 is 15.4. The van der Waals surface area contributed by atoms with Crippen LogP contribution < -0.4 is 5.73 Å². The van der Waals surface area contributed by atoms with E-state index in [0.29, 0.717) is 5.69 Å². The summed E-state index contributed by atoms with van der Waals surface area (Å²) in [4.78, 5) is 7.29. The summed E-state index contributed by atoms with van der Waals surface area (Å²) >= 11 is 0. The Morgan fingerprint density at radius 3 is 2.40 bits per heavy atom. The Kier molecular flexibility index (Phi) is 4.40. The maximum absolute atomic E-state index is 13.3. The highest BCUT2D eigenvalue weighted by Gasteiger charge is 2.18. The minimum absolute atomic E-state index is 0.231. The van der Waals surface area contributed by atoms with Crippen molar-refractivity contribution in [1.82, 2.24) is 14.3 Å². The van der Waals surface area contributed by atoms with Crippen LogP contribution in [0.5, 0.6) is 0 Å². The van der Waals surface area contributed by atoms with Gasteiger partial charge in [-0.15, -0.1) is 0 Å². The van der Waals surface area contributed by atoms with Crippen LogP contribution in [0.15, 0.2) is 42.6 Å². The first-order valence-electron chi connectivity index (χ1n) is 8.95. The number of aromatic nitrogens is 2. The Morgan fingerprint density at radius 1 is 0.960 bits per heavy atom. The summed E-state index contributed by atoms with van der Waals surface area (Å²) in [7, 11) is 0. The Morgan fingerprint density at radius 2 is 1.68 bits per heavy atom. The molecule has 2 aromatic heterocycles. The molecule has 1 aliphatic heterocycles. The minimum Gasteiger partial charge on any atom is -0.398 e. The smallest absolute Gasteiger partial charge is 0.137 e. The van der Waals surface area contributed by atoms with E-state index in [1.165, 1.54) is 37.8 Å². The van der Waals surface area contributed by atoms with E-state index < -0.39 is 0 Å². The topological polar surface area (TPSA) is 46.6 Å². The number of pyridine rings is 1. The van der Waals surface area contributed by atoms with Gasteiger partial charge in [-0.2, -0.15) is 0 Å². The maximum Gasteiger partial charge on any atom is 0.137 e. The molecule has 0 unspecified atom stereocenters. The number of hydrogen-bond acceptors (Lipinski definition) is 3. The van der Waals surface area contributed by atoms with Gasteiger partial charge in [0.2, 0.25) is 0 Å². The molecular weight excluding hydrogens is 315 g/mol. The first kappa shape index (κ1) is 16.1. The van der Waals surface area contributed by atoms with Crippen LogP contribution in [0.3, 0.4) is 0 Å². The van der Waals surface area contributed by atoms with Gasteiger partial charge in [-0.3, -0.25) is 4.90 Å². The number of nitrogens with zero attached hydrogens (tertiary/aromatic N) is 3. The van der Waals surface area contributed by atoms with E-state index in [-0.39, 0.29) is 5.82 Å². The normalized spacial score (nSPS) is 16.2. The van der Waals surface area contributed by atoms with E-state index in [0.717, 1.165) is 42.2 Å². The lowest BCUT2D eigenvalue weighted by Gasteiger charge is -2.20. The summed E-state index contributed by atoms with van der Waals surface area (Å²) in [6.45, 7) is 3.05. The number of hydrogen-bond donors (Lipinski definition) is 1. The van der Waals surface area contributed by atoms with Crippen LogP contribution in [-0.4, -0.2) is 27.4 Å². The largest absolute Gasteiger partial charge is 0.398 e. The molecule has 1 fully saturated rings. The number of likely N-dealkylation sites (tertiary alicyclic amines) is 1. The van der Waals surface area contributed by atoms with Crippen molar-refractivity contribution >= 4 is 11.3 Å². The fourth-order valence-electron chi connectivity index (χ4n) is 3.61. The van der Waals surface area contributed by atoms with Crippen molar-refractivity contribution in [1.29, 1.82) is 0 Å². The molecule has 0 amide bonds. The Hall–Kier alpha value is -2.40. The van der Waals surface area contributed by atoms with E-state index in [4.69, 9.17) is 10.7 Å². The Bertz CT molecular complexity index is 861. The average Bonchev–Trinajstić information content (AvgIpc) is 2.79. The second kappa shape index (κ2) is 6.84. The maximum atomic E-state index is 13.3. The van der Waals surface area contributed by atoms with Gasteiger partial charge in [0.25, 0.3) is 0 Å². The average molecular weight is 338 g/mol. The summed E-state index contributed by atoms with van der Waals surface area (Å²) in [6, 6.07) is 10.4. The first-order valence-corrected chi connectivity index (χ1v) is 8.95. The van der Waals surface area contributed by atoms with Gasteiger partial charge in [0.05, 0.1) is 11.4 Å². The van der Waals surface area contributed by atoms with E-state index in [2.05, 4.69) is 9.30 Å². The van der Waals surface area contributed by atoms with Crippen LogP contribution >= 0.6 is 0 Å². The fourth-order valence-corrected chi connectivity index (χ4v) is 3.61. The third-order valence-electron chi connectivity index (χ3n) is 4.93. The molecule has 1 aromatic carbocycles. The van der Waals surface area contributed by atoms with Gasteiger partial charge < -0.3 is 10.1 Å². The van der Waals surface area contributed by atoms with Crippen LogP contribution in [0.4, 0.5) is 10.1 Å². The molecule has 0 saturated carbocycles. The zero-order valence-corrected chi connectivity index (χ0v) is 14.3. The van der Waals surface area contributed by atoms with Crippen LogP contribution in [0.2, 0.25) is 0 Å². The molecule has 0 bridgehead atoms. The number of imidazole rings is 1. The molecule has 25 heavy (non-hydrogen) atoms. The van der Waals surface area contributed by atoms with Crippen LogP contribution in [-0.2, 0) is 6.54 Å². The molecule has 1 saturated heterocycles. The Balaban J connectivity index is 1.79. The lowest BCUT2D eigenvalue weighted by molar-refractivity contribution is 0.273. The van der Waals surface area contributed by atoms with E-state index >= 15 is 0 Å². The molecule has 4 rings (SSSR count). The second-order valence-corrected chi connectivity index (χ2v) is 6.79. The van der Waals surface area contributed by atoms with Crippen molar-refractivity contribution in [2.45, 2.75) is 32.2 Å².